The van der Waals surface area contributed by atoms with Gasteiger partial charge in [-0.3, -0.25) is 10.1 Å². The maximum atomic E-state index is 13.0. The molecular weight excluding hydrogens is 274 g/mol. The van der Waals surface area contributed by atoms with E-state index in [0.717, 1.165) is 11.1 Å². The normalized spacial score (nSPS) is 20.7. The van der Waals surface area contributed by atoms with Crippen LogP contribution in [0.5, 0.6) is 0 Å². The Bertz CT molecular complexity index is 459. The Morgan fingerprint density at radius 2 is 1.89 bits per heavy atom. The number of alkyl halides is 2. The first-order chi connectivity index (χ1) is 8.35. The second-order valence-corrected chi connectivity index (χ2v) is 4.86. The summed E-state index contributed by atoms with van der Waals surface area (Å²) in [4.78, 5) is 11.8. The van der Waals surface area contributed by atoms with E-state index in [-0.39, 0.29) is 12.4 Å². The molecule has 1 aromatic rings. The van der Waals surface area contributed by atoms with Crippen LogP contribution in [0.2, 0.25) is 0 Å². The third-order valence-electron chi connectivity index (χ3n) is 2.92. The zero-order valence-electron chi connectivity index (χ0n) is 10.8. The first-order valence-electron chi connectivity index (χ1n) is 5.86. The Morgan fingerprint density at radius 3 is 2.37 bits per heavy atom. The van der Waals surface area contributed by atoms with E-state index in [2.05, 4.69) is 10.6 Å². The number of carbonyl (C=O) groups is 1. The van der Waals surface area contributed by atoms with Crippen molar-refractivity contribution in [2.75, 3.05) is 11.9 Å². The quantitative estimate of drug-likeness (QED) is 0.879. The van der Waals surface area contributed by atoms with Crippen LogP contribution in [-0.2, 0) is 4.79 Å². The summed E-state index contributed by atoms with van der Waals surface area (Å²) in [6.07, 6.45) is -0.441. The average Bonchev–Trinajstić information content (AvgIpc) is 2.57. The molecular formula is C13H17ClF2N2O. The molecule has 1 unspecified atom stereocenters. The third-order valence-corrected chi connectivity index (χ3v) is 2.92. The predicted molar refractivity (Wildman–Crippen MR) is 73.1 cm³/mol. The lowest BCUT2D eigenvalue weighted by Gasteiger charge is -2.12. The van der Waals surface area contributed by atoms with E-state index >= 15 is 0 Å². The predicted octanol–water partition coefficient (Wildman–Crippen LogP) is 2.66. The zero-order valence-corrected chi connectivity index (χ0v) is 11.6. The van der Waals surface area contributed by atoms with Crippen LogP contribution in [0.3, 0.4) is 0 Å². The topological polar surface area (TPSA) is 41.1 Å². The Kier molecular flexibility index (Phi) is 4.87. The van der Waals surface area contributed by atoms with Gasteiger partial charge in [0.1, 0.15) is 0 Å². The summed E-state index contributed by atoms with van der Waals surface area (Å²) in [5, 5.41) is 5.20. The molecule has 1 fully saturated rings. The van der Waals surface area contributed by atoms with Crippen molar-refractivity contribution >= 4 is 24.0 Å². The minimum atomic E-state index is -2.79. The van der Waals surface area contributed by atoms with Gasteiger partial charge in [-0.15, -0.1) is 12.4 Å². The Labute approximate surface area is 117 Å². The SMILES string of the molecule is Cc1cc(C)cc(NC(=O)C2CC(F)(F)CN2)c1.Cl. The molecule has 1 aliphatic rings. The molecule has 1 saturated heterocycles. The van der Waals surface area contributed by atoms with Crippen LogP contribution in [0.4, 0.5) is 14.5 Å². The van der Waals surface area contributed by atoms with E-state index in [9.17, 15) is 13.6 Å². The van der Waals surface area contributed by atoms with Crippen molar-refractivity contribution in [3.8, 4) is 0 Å². The highest BCUT2D eigenvalue weighted by Gasteiger charge is 2.42. The smallest absolute Gasteiger partial charge is 0.262 e. The van der Waals surface area contributed by atoms with Gasteiger partial charge in [0.25, 0.3) is 5.92 Å². The van der Waals surface area contributed by atoms with Crippen LogP contribution in [-0.4, -0.2) is 24.4 Å². The van der Waals surface area contributed by atoms with Crippen LogP contribution >= 0.6 is 12.4 Å². The minimum absolute atomic E-state index is 0. The number of anilines is 1. The highest BCUT2D eigenvalue weighted by Crippen LogP contribution is 2.26. The van der Waals surface area contributed by atoms with Crippen molar-refractivity contribution in [2.45, 2.75) is 32.2 Å². The number of nitrogens with one attached hydrogen (secondary N) is 2. The molecule has 19 heavy (non-hydrogen) atoms. The number of halogens is 3. The van der Waals surface area contributed by atoms with Gasteiger partial charge < -0.3 is 5.32 Å². The molecule has 106 valence electrons. The fraction of sp³-hybridized carbons (Fsp3) is 0.462. The van der Waals surface area contributed by atoms with Crippen LogP contribution in [0.1, 0.15) is 17.5 Å². The lowest BCUT2D eigenvalue weighted by Crippen LogP contribution is -2.35. The van der Waals surface area contributed by atoms with E-state index in [4.69, 9.17) is 0 Å². The van der Waals surface area contributed by atoms with Crippen molar-refractivity contribution in [1.82, 2.24) is 5.32 Å². The first-order valence-corrected chi connectivity index (χ1v) is 5.86. The fourth-order valence-electron chi connectivity index (χ4n) is 2.18. The van der Waals surface area contributed by atoms with Crippen molar-refractivity contribution < 1.29 is 13.6 Å². The number of hydrogen-bond acceptors (Lipinski definition) is 2. The van der Waals surface area contributed by atoms with Crippen LogP contribution in [0, 0.1) is 13.8 Å². The molecule has 1 amide bonds. The zero-order chi connectivity index (χ0) is 13.3. The summed E-state index contributed by atoms with van der Waals surface area (Å²) in [6, 6.07) is 4.80. The molecule has 1 aromatic carbocycles. The molecule has 0 aliphatic carbocycles. The van der Waals surface area contributed by atoms with Gasteiger partial charge in [0.05, 0.1) is 12.6 Å². The summed E-state index contributed by atoms with van der Waals surface area (Å²) in [7, 11) is 0. The number of benzene rings is 1. The second kappa shape index (κ2) is 5.84. The molecule has 2 N–H and O–H groups in total. The number of carbonyl (C=O) groups excluding carboxylic acids is 1. The average molecular weight is 291 g/mol. The molecule has 0 saturated carbocycles. The molecule has 6 heteroatoms. The first kappa shape index (κ1) is 15.9. The van der Waals surface area contributed by atoms with Gasteiger partial charge in [-0.25, -0.2) is 8.78 Å². The third kappa shape index (κ3) is 4.14. The van der Waals surface area contributed by atoms with E-state index in [1.807, 2.05) is 32.0 Å². The minimum Gasteiger partial charge on any atom is -0.325 e. The summed E-state index contributed by atoms with van der Waals surface area (Å²) >= 11 is 0. The van der Waals surface area contributed by atoms with E-state index in [1.165, 1.54) is 0 Å². The number of amides is 1. The van der Waals surface area contributed by atoms with Gasteiger partial charge in [0.2, 0.25) is 5.91 Å². The molecule has 1 heterocycles. The molecule has 2 rings (SSSR count). The van der Waals surface area contributed by atoms with Gasteiger partial charge in [0.15, 0.2) is 0 Å². The van der Waals surface area contributed by atoms with E-state index in [1.54, 1.807) is 0 Å². The second-order valence-electron chi connectivity index (χ2n) is 4.86. The van der Waals surface area contributed by atoms with Crippen molar-refractivity contribution in [3.05, 3.63) is 29.3 Å². The molecule has 1 aliphatic heterocycles. The summed E-state index contributed by atoms with van der Waals surface area (Å²) in [5.41, 5.74) is 2.69. The Morgan fingerprint density at radius 1 is 1.32 bits per heavy atom. The summed E-state index contributed by atoms with van der Waals surface area (Å²) in [6.45, 7) is 3.41. The highest BCUT2D eigenvalue weighted by atomic mass is 35.5. The van der Waals surface area contributed by atoms with Crippen molar-refractivity contribution in [3.63, 3.8) is 0 Å². The van der Waals surface area contributed by atoms with E-state index < -0.39 is 30.8 Å². The lowest BCUT2D eigenvalue weighted by atomic mass is 10.1. The maximum absolute atomic E-state index is 13.0. The fourth-order valence-corrected chi connectivity index (χ4v) is 2.18. The standard InChI is InChI=1S/C13H16F2N2O.ClH/c1-8-3-9(2)5-10(4-8)17-12(18)11-6-13(14,15)7-16-11;/h3-5,11,16H,6-7H2,1-2H3,(H,17,18);1H. The van der Waals surface area contributed by atoms with E-state index in [0.29, 0.717) is 5.69 Å². The van der Waals surface area contributed by atoms with Crippen molar-refractivity contribution in [1.29, 1.82) is 0 Å². The van der Waals surface area contributed by atoms with Gasteiger partial charge >= 0.3 is 0 Å². The molecule has 0 aromatic heterocycles. The summed E-state index contributed by atoms with van der Waals surface area (Å²) in [5.74, 6) is -3.19. The van der Waals surface area contributed by atoms with Gasteiger partial charge in [-0.2, -0.15) is 0 Å². The van der Waals surface area contributed by atoms with Crippen LogP contribution in [0.25, 0.3) is 0 Å². The van der Waals surface area contributed by atoms with Crippen LogP contribution < -0.4 is 10.6 Å². The molecule has 0 radical (unpaired) electrons. The molecule has 1 atom stereocenters. The number of rotatable bonds is 2. The monoisotopic (exact) mass is 290 g/mol. The van der Waals surface area contributed by atoms with Crippen LogP contribution in [0.15, 0.2) is 18.2 Å². The highest BCUT2D eigenvalue weighted by molar-refractivity contribution is 5.95. The lowest BCUT2D eigenvalue weighted by molar-refractivity contribution is -0.118. The maximum Gasteiger partial charge on any atom is 0.262 e. The number of aryl methyl sites for hydroxylation is 2. The molecule has 3 nitrogen and oxygen atoms in total. The Hall–Kier alpha value is -1.20. The van der Waals surface area contributed by atoms with Gasteiger partial charge in [-0.1, -0.05) is 6.07 Å². The largest absolute Gasteiger partial charge is 0.325 e. The van der Waals surface area contributed by atoms with Crippen molar-refractivity contribution in [2.24, 2.45) is 0 Å². The van der Waals surface area contributed by atoms with Gasteiger partial charge in [0, 0.05) is 12.1 Å². The molecule has 0 spiro atoms. The Balaban J connectivity index is 0.00000180. The van der Waals surface area contributed by atoms with Gasteiger partial charge in [-0.05, 0) is 37.1 Å². The number of hydrogen-bond donors (Lipinski definition) is 2. The molecule has 0 bridgehead atoms. The summed E-state index contributed by atoms with van der Waals surface area (Å²) < 4.78 is 26.0.